The van der Waals surface area contributed by atoms with Crippen LogP contribution in [0.25, 0.3) is 0 Å². The summed E-state index contributed by atoms with van der Waals surface area (Å²) < 4.78 is 19.0. The molecule has 98 valence electrons. The molecule has 0 atom stereocenters. The Balaban J connectivity index is 2.56. The Labute approximate surface area is 123 Å². The molecule has 0 unspecified atom stereocenters. The Bertz CT molecular complexity index is 643. The fraction of sp³-hybridized carbons (Fsp3) is 0.0714. The lowest BCUT2D eigenvalue weighted by Gasteiger charge is -2.09. The van der Waals surface area contributed by atoms with Crippen LogP contribution >= 0.6 is 27.5 Å². The maximum absolute atomic E-state index is 13.3. The van der Waals surface area contributed by atoms with Crippen LogP contribution in [0.3, 0.4) is 0 Å². The van der Waals surface area contributed by atoms with Gasteiger partial charge < -0.3 is 4.74 Å². The normalized spacial score (nSPS) is 10.3. The molecule has 0 aliphatic carbocycles. The van der Waals surface area contributed by atoms with Crippen molar-refractivity contribution in [3.05, 3.63) is 62.8 Å². The minimum absolute atomic E-state index is 0.141. The van der Waals surface area contributed by atoms with E-state index in [-0.39, 0.29) is 11.3 Å². The molecule has 0 amide bonds. The number of benzene rings is 2. The Hall–Kier alpha value is -1.39. The molecule has 0 radical (unpaired) electrons. The van der Waals surface area contributed by atoms with Gasteiger partial charge >= 0.3 is 0 Å². The van der Waals surface area contributed by atoms with Crippen LogP contribution in [0.1, 0.15) is 15.9 Å². The zero-order chi connectivity index (χ0) is 14.0. The van der Waals surface area contributed by atoms with E-state index in [0.717, 1.165) is 6.07 Å². The lowest BCUT2D eigenvalue weighted by atomic mass is 10.0. The molecule has 0 saturated heterocycles. The molecule has 19 heavy (non-hydrogen) atoms. The number of carbonyl (C=O) groups is 1. The van der Waals surface area contributed by atoms with Crippen LogP contribution in [-0.4, -0.2) is 12.9 Å². The van der Waals surface area contributed by atoms with Crippen LogP contribution in [0.5, 0.6) is 5.75 Å². The van der Waals surface area contributed by atoms with Crippen LogP contribution < -0.4 is 4.74 Å². The van der Waals surface area contributed by atoms with E-state index in [1.54, 1.807) is 18.2 Å². The lowest BCUT2D eigenvalue weighted by molar-refractivity contribution is 0.103. The number of halogens is 3. The molecule has 0 saturated carbocycles. The molecule has 0 N–H and O–H groups in total. The first kappa shape index (κ1) is 14.0. The SMILES string of the molecule is COc1ccc(F)cc1C(=O)c1cccc(Br)c1Cl. The monoisotopic (exact) mass is 342 g/mol. The average molecular weight is 344 g/mol. The molecule has 2 aromatic rings. The number of carbonyl (C=O) groups excluding carboxylic acids is 1. The van der Waals surface area contributed by atoms with Crippen molar-refractivity contribution in [1.29, 1.82) is 0 Å². The molecule has 0 bridgehead atoms. The van der Waals surface area contributed by atoms with E-state index < -0.39 is 5.82 Å². The third-order valence-corrected chi connectivity index (χ3v) is 3.90. The van der Waals surface area contributed by atoms with Gasteiger partial charge in [0, 0.05) is 10.0 Å². The van der Waals surface area contributed by atoms with E-state index in [4.69, 9.17) is 16.3 Å². The van der Waals surface area contributed by atoms with Crippen molar-refractivity contribution in [3.63, 3.8) is 0 Å². The van der Waals surface area contributed by atoms with Gasteiger partial charge in [0.05, 0.1) is 17.7 Å². The molecule has 0 heterocycles. The number of hydrogen-bond donors (Lipinski definition) is 0. The van der Waals surface area contributed by atoms with Gasteiger partial charge in [0.1, 0.15) is 11.6 Å². The standard InChI is InChI=1S/C14H9BrClFO2/c1-19-12-6-5-8(17)7-10(12)14(18)9-3-2-4-11(15)13(9)16/h2-7H,1H3. The number of ketones is 1. The van der Waals surface area contributed by atoms with Crippen molar-refractivity contribution in [3.8, 4) is 5.75 Å². The second-order valence-corrected chi connectivity index (χ2v) is 5.01. The molecule has 0 fully saturated rings. The number of hydrogen-bond acceptors (Lipinski definition) is 2. The van der Waals surface area contributed by atoms with Crippen LogP contribution in [0.2, 0.25) is 5.02 Å². The van der Waals surface area contributed by atoms with E-state index in [1.165, 1.54) is 19.2 Å². The maximum Gasteiger partial charge on any atom is 0.198 e. The summed E-state index contributed by atoms with van der Waals surface area (Å²) >= 11 is 9.32. The van der Waals surface area contributed by atoms with Crippen molar-refractivity contribution in [2.24, 2.45) is 0 Å². The van der Waals surface area contributed by atoms with Gasteiger partial charge in [0.15, 0.2) is 5.78 Å². The fourth-order valence-corrected chi connectivity index (χ4v) is 2.26. The van der Waals surface area contributed by atoms with Crippen molar-refractivity contribution in [2.45, 2.75) is 0 Å². The predicted octanol–water partition coefficient (Wildman–Crippen LogP) is 4.48. The fourth-order valence-electron chi connectivity index (χ4n) is 1.68. The second-order valence-electron chi connectivity index (χ2n) is 3.78. The molecular weight excluding hydrogens is 335 g/mol. The van der Waals surface area contributed by atoms with Gasteiger partial charge in [0.25, 0.3) is 0 Å². The number of rotatable bonds is 3. The van der Waals surface area contributed by atoms with E-state index in [0.29, 0.717) is 20.8 Å². The largest absolute Gasteiger partial charge is 0.496 e. The van der Waals surface area contributed by atoms with Gasteiger partial charge in [-0.05, 0) is 46.3 Å². The van der Waals surface area contributed by atoms with Crippen LogP contribution in [-0.2, 0) is 0 Å². The van der Waals surface area contributed by atoms with Gasteiger partial charge in [-0.15, -0.1) is 0 Å². The van der Waals surface area contributed by atoms with Gasteiger partial charge in [0.2, 0.25) is 0 Å². The maximum atomic E-state index is 13.3. The average Bonchev–Trinajstić information content (AvgIpc) is 2.41. The summed E-state index contributed by atoms with van der Waals surface area (Å²) in [5, 5.41) is 0.291. The first-order valence-corrected chi connectivity index (χ1v) is 6.54. The Morgan fingerprint density at radius 1 is 1.26 bits per heavy atom. The van der Waals surface area contributed by atoms with Crippen LogP contribution in [0.4, 0.5) is 4.39 Å². The zero-order valence-corrected chi connectivity index (χ0v) is 12.3. The molecule has 2 rings (SSSR count). The first-order chi connectivity index (χ1) is 9.04. The van der Waals surface area contributed by atoms with Crippen molar-refractivity contribution >= 4 is 33.3 Å². The van der Waals surface area contributed by atoms with Crippen molar-refractivity contribution in [1.82, 2.24) is 0 Å². The van der Waals surface area contributed by atoms with Gasteiger partial charge in [-0.1, -0.05) is 17.7 Å². The Kier molecular flexibility index (Phi) is 4.22. The van der Waals surface area contributed by atoms with E-state index in [9.17, 15) is 9.18 Å². The first-order valence-electron chi connectivity index (χ1n) is 5.37. The number of methoxy groups -OCH3 is 1. The second kappa shape index (κ2) is 5.72. The highest BCUT2D eigenvalue weighted by Crippen LogP contribution is 2.30. The van der Waals surface area contributed by atoms with Crippen molar-refractivity contribution < 1.29 is 13.9 Å². The summed E-state index contributed by atoms with van der Waals surface area (Å²) in [6.07, 6.45) is 0. The van der Waals surface area contributed by atoms with Gasteiger partial charge in [-0.2, -0.15) is 0 Å². The molecular formula is C14H9BrClFO2. The summed E-state index contributed by atoms with van der Waals surface area (Å²) in [7, 11) is 1.42. The summed E-state index contributed by atoms with van der Waals surface area (Å²) in [6.45, 7) is 0. The predicted molar refractivity (Wildman–Crippen MR) is 75.5 cm³/mol. The summed E-state index contributed by atoms with van der Waals surface area (Å²) in [5.74, 6) is -0.583. The third-order valence-electron chi connectivity index (χ3n) is 2.60. The topological polar surface area (TPSA) is 26.3 Å². The molecule has 0 spiro atoms. The highest BCUT2D eigenvalue weighted by molar-refractivity contribution is 9.10. The summed E-state index contributed by atoms with van der Waals surface area (Å²) in [6, 6.07) is 8.78. The lowest BCUT2D eigenvalue weighted by Crippen LogP contribution is -2.05. The van der Waals surface area contributed by atoms with Crippen LogP contribution in [0.15, 0.2) is 40.9 Å². The Morgan fingerprint density at radius 3 is 2.68 bits per heavy atom. The highest BCUT2D eigenvalue weighted by Gasteiger charge is 2.19. The molecule has 2 aromatic carbocycles. The van der Waals surface area contributed by atoms with Gasteiger partial charge in [-0.25, -0.2) is 4.39 Å². The molecule has 0 aliphatic heterocycles. The van der Waals surface area contributed by atoms with E-state index in [1.807, 2.05) is 0 Å². The minimum Gasteiger partial charge on any atom is -0.496 e. The number of ether oxygens (including phenoxy) is 1. The molecule has 2 nitrogen and oxygen atoms in total. The summed E-state index contributed by atoms with van der Waals surface area (Å²) in [4.78, 5) is 12.4. The van der Waals surface area contributed by atoms with E-state index >= 15 is 0 Å². The quantitative estimate of drug-likeness (QED) is 0.768. The summed E-state index contributed by atoms with van der Waals surface area (Å²) in [5.41, 5.74) is 0.433. The Morgan fingerprint density at radius 2 is 2.00 bits per heavy atom. The van der Waals surface area contributed by atoms with Crippen molar-refractivity contribution in [2.75, 3.05) is 7.11 Å². The van der Waals surface area contributed by atoms with Crippen LogP contribution in [0, 0.1) is 5.82 Å². The minimum atomic E-state index is -0.504. The molecule has 5 heteroatoms. The van der Waals surface area contributed by atoms with E-state index in [2.05, 4.69) is 15.9 Å². The molecule has 0 aliphatic rings. The highest BCUT2D eigenvalue weighted by atomic mass is 79.9. The van der Waals surface area contributed by atoms with Gasteiger partial charge in [-0.3, -0.25) is 4.79 Å². The zero-order valence-electron chi connectivity index (χ0n) is 9.91. The third kappa shape index (κ3) is 2.80. The smallest absolute Gasteiger partial charge is 0.198 e. The molecule has 0 aromatic heterocycles.